The highest BCUT2D eigenvalue weighted by atomic mass is 31.2. The van der Waals surface area contributed by atoms with Gasteiger partial charge in [-0.05, 0) is 24.5 Å². The predicted octanol–water partition coefficient (Wildman–Crippen LogP) is 2.21. The summed E-state index contributed by atoms with van der Waals surface area (Å²) < 4.78 is 13.4. The molecule has 20 heavy (non-hydrogen) atoms. The lowest BCUT2D eigenvalue weighted by atomic mass is 10.1. The molecule has 0 aliphatic carbocycles. The summed E-state index contributed by atoms with van der Waals surface area (Å²) in [5, 5.41) is 9.41. The van der Waals surface area contributed by atoms with E-state index in [0.29, 0.717) is 5.75 Å². The average molecular weight is 306 g/mol. The van der Waals surface area contributed by atoms with Gasteiger partial charge in [-0.2, -0.15) is 0 Å². The molecule has 1 aliphatic heterocycles. The van der Waals surface area contributed by atoms with E-state index in [1.54, 1.807) is 6.07 Å². The van der Waals surface area contributed by atoms with Crippen LogP contribution in [0.15, 0.2) is 24.3 Å². The molecule has 0 spiro atoms. The van der Waals surface area contributed by atoms with E-state index in [-0.39, 0.29) is 0 Å². The number of benzene rings is 1. The predicted molar refractivity (Wildman–Crippen MR) is 76.4 cm³/mol. The van der Waals surface area contributed by atoms with Crippen molar-refractivity contribution in [3.05, 3.63) is 29.8 Å². The van der Waals surface area contributed by atoms with Crippen molar-refractivity contribution in [3.8, 4) is 5.75 Å². The maximum absolute atomic E-state index is 9.41. The second kappa shape index (κ2) is 10.8. The molecule has 0 aromatic heterocycles. The number of phosphoric acid groups is 1. The van der Waals surface area contributed by atoms with E-state index >= 15 is 0 Å². The van der Waals surface area contributed by atoms with Crippen molar-refractivity contribution >= 4 is 7.82 Å². The van der Waals surface area contributed by atoms with Crippen LogP contribution in [0.5, 0.6) is 5.75 Å². The van der Waals surface area contributed by atoms with Crippen LogP contribution in [0.25, 0.3) is 0 Å². The number of unbranched alkanes of at least 4 members (excludes halogenated alkanes) is 2. The fraction of sp³-hybridized carbons (Fsp3) is 0.538. The molecule has 1 saturated heterocycles. The lowest BCUT2D eigenvalue weighted by Crippen LogP contribution is -1.85. The Morgan fingerprint density at radius 2 is 1.65 bits per heavy atom. The normalized spacial score (nSPS) is 12.6. The molecule has 116 valence electrons. The van der Waals surface area contributed by atoms with Crippen molar-refractivity contribution in [3.63, 3.8) is 0 Å². The number of epoxide rings is 1. The maximum Gasteiger partial charge on any atom is 0.466 e. The van der Waals surface area contributed by atoms with Crippen LogP contribution in [0, 0.1) is 0 Å². The van der Waals surface area contributed by atoms with Gasteiger partial charge in [-0.1, -0.05) is 38.0 Å². The third-order valence-electron chi connectivity index (χ3n) is 2.25. The molecule has 0 atom stereocenters. The molecule has 4 N–H and O–H groups in total. The SMILES string of the molecule is C1CO1.CCCCCc1ccccc1O.O=P(O)(O)O. The molecule has 1 aliphatic rings. The largest absolute Gasteiger partial charge is 0.508 e. The van der Waals surface area contributed by atoms with Crippen LogP contribution >= 0.6 is 7.82 Å². The van der Waals surface area contributed by atoms with Gasteiger partial charge in [0, 0.05) is 0 Å². The van der Waals surface area contributed by atoms with Crippen LogP contribution in [0.2, 0.25) is 0 Å². The Labute approximate surface area is 119 Å². The molecular weight excluding hydrogens is 283 g/mol. The summed E-state index contributed by atoms with van der Waals surface area (Å²) in [7, 11) is -4.64. The fourth-order valence-corrected chi connectivity index (χ4v) is 1.29. The second-order valence-electron chi connectivity index (χ2n) is 4.21. The van der Waals surface area contributed by atoms with Gasteiger partial charge in [0.2, 0.25) is 0 Å². The van der Waals surface area contributed by atoms with Crippen molar-refractivity contribution in [2.45, 2.75) is 32.6 Å². The molecule has 0 bridgehead atoms. The van der Waals surface area contributed by atoms with E-state index in [9.17, 15) is 5.11 Å². The van der Waals surface area contributed by atoms with Gasteiger partial charge in [0.25, 0.3) is 0 Å². The molecule has 1 aromatic carbocycles. The second-order valence-corrected chi connectivity index (χ2v) is 5.24. The molecule has 1 heterocycles. The number of phenols is 1. The summed E-state index contributed by atoms with van der Waals surface area (Å²) in [6.07, 6.45) is 4.65. The molecule has 7 heteroatoms. The van der Waals surface area contributed by atoms with Crippen molar-refractivity contribution in [1.29, 1.82) is 0 Å². The summed E-state index contributed by atoms with van der Waals surface area (Å²) in [6.45, 7) is 4.19. The number of aromatic hydroxyl groups is 1. The van der Waals surface area contributed by atoms with Gasteiger partial charge in [0.15, 0.2) is 0 Å². The Morgan fingerprint density at radius 3 is 2.05 bits per heavy atom. The van der Waals surface area contributed by atoms with Gasteiger partial charge in [-0.15, -0.1) is 0 Å². The molecule has 1 fully saturated rings. The highest BCUT2D eigenvalue weighted by Gasteiger charge is 2.00. The van der Waals surface area contributed by atoms with Gasteiger partial charge in [-0.3, -0.25) is 0 Å². The summed E-state index contributed by atoms with van der Waals surface area (Å²) in [6, 6.07) is 7.58. The van der Waals surface area contributed by atoms with E-state index in [1.807, 2.05) is 18.2 Å². The lowest BCUT2D eigenvalue weighted by molar-refractivity contribution is 0.275. The van der Waals surface area contributed by atoms with Crippen molar-refractivity contribution in [2.75, 3.05) is 13.2 Å². The minimum atomic E-state index is -4.64. The lowest BCUT2D eigenvalue weighted by Gasteiger charge is -2.02. The van der Waals surface area contributed by atoms with E-state index in [1.165, 1.54) is 19.3 Å². The first-order valence-electron chi connectivity index (χ1n) is 6.47. The fourth-order valence-electron chi connectivity index (χ4n) is 1.29. The van der Waals surface area contributed by atoms with E-state index in [0.717, 1.165) is 25.2 Å². The quantitative estimate of drug-likeness (QED) is 0.385. The Bertz CT molecular complexity index is 391. The molecule has 0 amide bonds. The third kappa shape index (κ3) is 17.1. The zero-order valence-corrected chi connectivity index (χ0v) is 12.5. The summed E-state index contributed by atoms with van der Waals surface area (Å²) >= 11 is 0. The first-order chi connectivity index (χ1) is 9.34. The molecule has 0 unspecified atom stereocenters. The number of hydrogen-bond donors (Lipinski definition) is 4. The van der Waals surface area contributed by atoms with Crippen LogP contribution in [-0.2, 0) is 15.7 Å². The smallest absolute Gasteiger partial charge is 0.466 e. The van der Waals surface area contributed by atoms with E-state index in [4.69, 9.17) is 19.2 Å². The van der Waals surface area contributed by atoms with Gasteiger partial charge < -0.3 is 24.5 Å². The summed E-state index contributed by atoms with van der Waals surface area (Å²) in [5.74, 6) is 0.439. The zero-order valence-electron chi connectivity index (χ0n) is 11.6. The highest BCUT2D eigenvalue weighted by molar-refractivity contribution is 7.45. The minimum Gasteiger partial charge on any atom is -0.508 e. The highest BCUT2D eigenvalue weighted by Crippen LogP contribution is 2.25. The van der Waals surface area contributed by atoms with E-state index < -0.39 is 7.82 Å². The van der Waals surface area contributed by atoms with Crippen LogP contribution < -0.4 is 0 Å². The maximum atomic E-state index is 9.41. The molecule has 1 aromatic rings. The van der Waals surface area contributed by atoms with Gasteiger partial charge in [-0.25, -0.2) is 4.57 Å². The van der Waals surface area contributed by atoms with Gasteiger partial charge in [0.1, 0.15) is 5.75 Å². The zero-order chi connectivity index (χ0) is 15.4. The average Bonchev–Trinajstić information content (AvgIpc) is 3.17. The number of phenolic OH excluding ortho intramolecular Hbond substituents is 1. The molecular formula is C13H23O6P. The Balaban J connectivity index is 0.000000369. The Hall–Kier alpha value is -0.910. The van der Waals surface area contributed by atoms with Gasteiger partial charge >= 0.3 is 7.82 Å². The van der Waals surface area contributed by atoms with Crippen LogP contribution in [-0.4, -0.2) is 33.0 Å². The number of aryl methyl sites for hydroxylation is 1. The summed E-state index contributed by atoms with van der Waals surface area (Å²) in [4.78, 5) is 21.6. The topological polar surface area (TPSA) is 111 Å². The van der Waals surface area contributed by atoms with Crippen molar-refractivity contribution < 1.29 is 29.1 Å². The molecule has 2 rings (SSSR count). The van der Waals surface area contributed by atoms with E-state index in [2.05, 4.69) is 11.7 Å². The number of hydrogen-bond acceptors (Lipinski definition) is 3. The molecule has 0 radical (unpaired) electrons. The number of para-hydroxylation sites is 1. The van der Waals surface area contributed by atoms with Crippen LogP contribution in [0.3, 0.4) is 0 Å². The van der Waals surface area contributed by atoms with Gasteiger partial charge in [0.05, 0.1) is 13.2 Å². The Morgan fingerprint density at radius 1 is 1.15 bits per heavy atom. The Kier molecular flexibility index (Phi) is 10.3. The van der Waals surface area contributed by atoms with Crippen LogP contribution in [0.4, 0.5) is 0 Å². The number of rotatable bonds is 4. The first kappa shape index (κ1) is 19.1. The van der Waals surface area contributed by atoms with Crippen LogP contribution in [0.1, 0.15) is 31.7 Å². The first-order valence-corrected chi connectivity index (χ1v) is 8.04. The minimum absolute atomic E-state index is 0.439. The third-order valence-corrected chi connectivity index (χ3v) is 2.25. The monoisotopic (exact) mass is 306 g/mol. The standard InChI is InChI=1S/C11H16O.C2H4O.H3O4P/c1-2-3-4-7-10-8-5-6-9-11(10)12;1-2-3-1;1-5(2,3)4/h5-6,8-9,12H,2-4,7H2,1H3;1-2H2;(H3,1,2,3,4). The summed E-state index contributed by atoms with van der Waals surface area (Å²) in [5.41, 5.74) is 1.07. The molecule has 6 nitrogen and oxygen atoms in total. The molecule has 0 saturated carbocycles. The van der Waals surface area contributed by atoms with Crippen molar-refractivity contribution in [1.82, 2.24) is 0 Å². The number of ether oxygens (including phenoxy) is 1. The van der Waals surface area contributed by atoms with Crippen molar-refractivity contribution in [2.24, 2.45) is 0 Å².